The summed E-state index contributed by atoms with van der Waals surface area (Å²) in [6.07, 6.45) is 1.40. The number of piperazine rings is 1. The van der Waals surface area contributed by atoms with Crippen molar-refractivity contribution in [2.75, 3.05) is 69.7 Å². The lowest BCUT2D eigenvalue weighted by Crippen LogP contribution is -2.45. The largest absolute Gasteiger partial charge is 0.492 e. The topological polar surface area (TPSA) is 77.0 Å². The highest BCUT2D eigenvalue weighted by Crippen LogP contribution is 2.28. The van der Waals surface area contributed by atoms with Gasteiger partial charge in [-0.25, -0.2) is 4.98 Å². The van der Waals surface area contributed by atoms with Crippen molar-refractivity contribution in [3.05, 3.63) is 59.6 Å². The molecular weight excluding hydrogens is 488 g/mol. The first-order valence-electron chi connectivity index (χ1n) is 13.0. The summed E-state index contributed by atoms with van der Waals surface area (Å²) in [5, 5.41) is 14.3. The Labute approximate surface area is 223 Å². The molecule has 2 aromatic carbocycles. The second kappa shape index (κ2) is 12.1. The molecule has 3 aromatic rings. The van der Waals surface area contributed by atoms with Gasteiger partial charge in [0.2, 0.25) is 5.95 Å². The summed E-state index contributed by atoms with van der Waals surface area (Å²) >= 11 is 6.11. The fourth-order valence-corrected chi connectivity index (χ4v) is 4.87. The van der Waals surface area contributed by atoms with Crippen LogP contribution in [0.25, 0.3) is 11.3 Å². The predicted molar refractivity (Wildman–Crippen MR) is 149 cm³/mol. The number of ether oxygens (including phenoxy) is 1. The Morgan fingerprint density at radius 3 is 2.62 bits per heavy atom. The van der Waals surface area contributed by atoms with Crippen LogP contribution in [0.15, 0.2) is 54.6 Å². The Balaban J connectivity index is 1.31. The van der Waals surface area contributed by atoms with E-state index < -0.39 is 0 Å². The zero-order valence-corrected chi connectivity index (χ0v) is 22.1. The molecule has 1 unspecified atom stereocenters. The molecule has 0 saturated carbocycles. The fourth-order valence-electron chi connectivity index (χ4n) is 4.74. The number of β-amino-alcohol motifs (C(OH)–C–C–N with tert-alkyl or cyclic N) is 1. The first-order valence-corrected chi connectivity index (χ1v) is 13.4. The highest BCUT2D eigenvalue weighted by atomic mass is 35.5. The molecule has 0 radical (unpaired) electrons. The number of aromatic nitrogens is 2. The zero-order valence-electron chi connectivity index (χ0n) is 21.3. The number of hydrogen-bond acceptors (Lipinski definition) is 8. The third-order valence-electron chi connectivity index (χ3n) is 6.94. The minimum absolute atomic E-state index is 0.348. The summed E-state index contributed by atoms with van der Waals surface area (Å²) in [5.41, 5.74) is 2.61. The first-order chi connectivity index (χ1) is 18.0. The Morgan fingerprint density at radius 2 is 1.84 bits per heavy atom. The molecule has 1 atom stereocenters. The summed E-state index contributed by atoms with van der Waals surface area (Å²) in [6.45, 7) is 7.36. The number of benzene rings is 2. The Kier molecular flexibility index (Phi) is 8.41. The number of hydrogen-bond donors (Lipinski definition) is 2. The molecule has 0 aliphatic carbocycles. The highest BCUT2D eigenvalue weighted by molar-refractivity contribution is 6.30. The number of halogens is 1. The van der Waals surface area contributed by atoms with E-state index in [2.05, 4.69) is 27.1 Å². The standard InChI is InChI=1S/C28H35ClN6O2/c1-33-12-14-34(15-13-33)16-17-37-25-6-2-4-23(18-25)30-28-31-26(21-7-9-22(29)10-8-21)19-27(32-28)35-11-3-5-24(36)20-35/h2,4,6-10,18-19,24,36H,3,5,11-17,20H2,1H3,(H,30,31,32). The van der Waals surface area contributed by atoms with Gasteiger partial charge in [0, 0.05) is 74.2 Å². The van der Waals surface area contributed by atoms with Gasteiger partial charge < -0.3 is 25.0 Å². The summed E-state index contributed by atoms with van der Waals surface area (Å²) in [4.78, 5) is 16.5. The van der Waals surface area contributed by atoms with Gasteiger partial charge >= 0.3 is 0 Å². The molecule has 0 bridgehead atoms. The van der Waals surface area contributed by atoms with Crippen molar-refractivity contribution in [3.63, 3.8) is 0 Å². The van der Waals surface area contributed by atoms with Gasteiger partial charge in [-0.2, -0.15) is 4.98 Å². The van der Waals surface area contributed by atoms with Crippen molar-refractivity contribution in [1.82, 2.24) is 19.8 Å². The molecule has 3 heterocycles. The fraction of sp³-hybridized carbons (Fsp3) is 0.429. The SMILES string of the molecule is CN1CCN(CCOc2cccc(Nc3nc(-c4ccc(Cl)cc4)cc(N4CCCC(O)C4)n3)c2)CC1. The number of nitrogens with zero attached hydrogens (tertiary/aromatic N) is 5. The second-order valence-electron chi connectivity index (χ2n) is 9.83. The smallest absolute Gasteiger partial charge is 0.229 e. The van der Waals surface area contributed by atoms with Crippen molar-refractivity contribution < 1.29 is 9.84 Å². The van der Waals surface area contributed by atoms with E-state index in [9.17, 15) is 5.11 Å². The van der Waals surface area contributed by atoms with Crippen LogP contribution < -0.4 is 15.0 Å². The number of nitrogens with one attached hydrogen (secondary N) is 1. The number of aliphatic hydroxyl groups excluding tert-OH is 1. The van der Waals surface area contributed by atoms with Crippen molar-refractivity contribution in [2.45, 2.75) is 18.9 Å². The van der Waals surface area contributed by atoms with Gasteiger partial charge in [0.25, 0.3) is 0 Å². The molecule has 2 aliphatic rings. The molecule has 0 amide bonds. The number of rotatable bonds is 8. The third kappa shape index (κ3) is 7.11. The monoisotopic (exact) mass is 522 g/mol. The number of likely N-dealkylation sites (N-methyl/N-ethyl adjacent to an activating group) is 1. The normalized spacial score (nSPS) is 19.1. The van der Waals surface area contributed by atoms with E-state index >= 15 is 0 Å². The zero-order chi connectivity index (χ0) is 25.6. The van der Waals surface area contributed by atoms with E-state index in [1.165, 1.54) is 0 Å². The van der Waals surface area contributed by atoms with Crippen LogP contribution in [-0.4, -0.2) is 90.4 Å². The average molecular weight is 523 g/mol. The number of piperidine rings is 1. The summed E-state index contributed by atoms with van der Waals surface area (Å²) in [7, 11) is 2.17. The molecule has 8 nitrogen and oxygen atoms in total. The highest BCUT2D eigenvalue weighted by Gasteiger charge is 2.21. The van der Waals surface area contributed by atoms with Gasteiger partial charge in [-0.05, 0) is 44.2 Å². The molecular formula is C28H35ClN6O2. The van der Waals surface area contributed by atoms with Crippen LogP contribution in [0.5, 0.6) is 5.75 Å². The number of aliphatic hydroxyl groups is 1. The molecule has 37 heavy (non-hydrogen) atoms. The molecule has 2 saturated heterocycles. The van der Waals surface area contributed by atoms with E-state index in [0.29, 0.717) is 24.1 Å². The minimum Gasteiger partial charge on any atom is -0.492 e. The lowest BCUT2D eigenvalue weighted by atomic mass is 10.1. The maximum Gasteiger partial charge on any atom is 0.229 e. The van der Waals surface area contributed by atoms with Gasteiger partial charge in [-0.3, -0.25) is 4.90 Å². The van der Waals surface area contributed by atoms with Crippen LogP contribution in [0.1, 0.15) is 12.8 Å². The van der Waals surface area contributed by atoms with E-state index in [0.717, 1.165) is 80.6 Å². The first kappa shape index (κ1) is 25.7. The molecule has 9 heteroatoms. The Morgan fingerprint density at radius 1 is 1.03 bits per heavy atom. The number of anilines is 3. The maximum absolute atomic E-state index is 10.2. The lowest BCUT2D eigenvalue weighted by molar-refractivity contribution is 0.134. The second-order valence-corrected chi connectivity index (χ2v) is 10.3. The van der Waals surface area contributed by atoms with Crippen molar-refractivity contribution in [3.8, 4) is 17.0 Å². The van der Waals surface area contributed by atoms with E-state index in [-0.39, 0.29) is 6.10 Å². The molecule has 2 fully saturated rings. The van der Waals surface area contributed by atoms with Crippen LogP contribution in [0.3, 0.4) is 0 Å². The summed E-state index contributed by atoms with van der Waals surface area (Å²) in [5.74, 6) is 2.10. The maximum atomic E-state index is 10.2. The summed E-state index contributed by atoms with van der Waals surface area (Å²) < 4.78 is 6.06. The van der Waals surface area contributed by atoms with Crippen LogP contribution in [0, 0.1) is 0 Å². The van der Waals surface area contributed by atoms with Gasteiger partial charge in [0.1, 0.15) is 18.2 Å². The van der Waals surface area contributed by atoms with Crippen LogP contribution in [0.4, 0.5) is 17.5 Å². The minimum atomic E-state index is -0.348. The van der Waals surface area contributed by atoms with Crippen LogP contribution in [0.2, 0.25) is 5.02 Å². The molecule has 0 spiro atoms. The van der Waals surface area contributed by atoms with Crippen molar-refractivity contribution in [1.29, 1.82) is 0 Å². The van der Waals surface area contributed by atoms with Crippen molar-refractivity contribution >= 4 is 29.1 Å². The predicted octanol–water partition coefficient (Wildman–Crippen LogP) is 4.13. The Hall–Kier alpha value is -2.91. The van der Waals surface area contributed by atoms with Crippen molar-refractivity contribution in [2.24, 2.45) is 0 Å². The van der Waals surface area contributed by atoms with Crippen LogP contribution in [-0.2, 0) is 0 Å². The third-order valence-corrected chi connectivity index (χ3v) is 7.19. The van der Waals surface area contributed by atoms with Gasteiger partial charge in [-0.15, -0.1) is 0 Å². The summed E-state index contributed by atoms with van der Waals surface area (Å²) in [6, 6.07) is 17.5. The van der Waals surface area contributed by atoms with E-state index in [4.69, 9.17) is 26.3 Å². The van der Waals surface area contributed by atoms with E-state index in [1.807, 2.05) is 54.6 Å². The molecule has 2 aliphatic heterocycles. The molecule has 2 N–H and O–H groups in total. The van der Waals surface area contributed by atoms with E-state index in [1.54, 1.807) is 0 Å². The quantitative estimate of drug-likeness (QED) is 0.457. The molecule has 1 aromatic heterocycles. The van der Waals surface area contributed by atoms with Gasteiger partial charge in [0.15, 0.2) is 0 Å². The lowest BCUT2D eigenvalue weighted by Gasteiger charge is -2.32. The van der Waals surface area contributed by atoms with Crippen LogP contribution >= 0.6 is 11.6 Å². The van der Waals surface area contributed by atoms with Gasteiger partial charge in [-0.1, -0.05) is 29.8 Å². The molecule has 196 valence electrons. The Bertz CT molecular complexity index is 1170. The average Bonchev–Trinajstić information content (AvgIpc) is 2.90. The molecule has 5 rings (SSSR count). The van der Waals surface area contributed by atoms with Gasteiger partial charge in [0.05, 0.1) is 11.8 Å².